The highest BCUT2D eigenvalue weighted by atomic mass is 16.2. The summed E-state index contributed by atoms with van der Waals surface area (Å²) < 4.78 is 0. The van der Waals surface area contributed by atoms with Gasteiger partial charge in [0.05, 0.1) is 6.04 Å². The van der Waals surface area contributed by atoms with Crippen LogP contribution in [0.25, 0.3) is 0 Å². The van der Waals surface area contributed by atoms with Gasteiger partial charge in [-0.3, -0.25) is 20.4 Å². The summed E-state index contributed by atoms with van der Waals surface area (Å²) in [5.74, 6) is 0.445. The molecule has 0 aromatic heterocycles. The largest absolute Gasteiger partial charge is 0.341 e. The third kappa shape index (κ3) is 10.2. The molecule has 0 radical (unpaired) electrons. The number of rotatable bonds is 18. The lowest BCUT2D eigenvalue weighted by molar-refractivity contribution is -0.117. The first-order valence-electron chi connectivity index (χ1n) is 16.8. The molecular formula is C35H52N8O2. The number of hydrogen-bond acceptors (Lipinski definition) is 4. The van der Waals surface area contributed by atoms with Crippen LogP contribution in [0.2, 0.25) is 0 Å². The second-order valence-electron chi connectivity index (χ2n) is 12.3. The SMILES string of the molecule is CCCCCCN1CCN(CC(=O)Nc2cccc(NC(=O)CN3CC(Cc4ccccc4)N(CCCCCC)C3=N)c2)C1=N. The van der Waals surface area contributed by atoms with E-state index in [9.17, 15) is 9.59 Å². The van der Waals surface area contributed by atoms with Crippen LogP contribution in [0.3, 0.4) is 0 Å². The first-order valence-corrected chi connectivity index (χ1v) is 16.8. The number of carbonyl (C=O) groups excluding carboxylic acids is 2. The third-order valence-electron chi connectivity index (χ3n) is 8.63. The lowest BCUT2D eigenvalue weighted by atomic mass is 10.1. The molecule has 2 aliphatic heterocycles. The Morgan fingerprint density at radius 2 is 1.31 bits per heavy atom. The van der Waals surface area contributed by atoms with Crippen molar-refractivity contribution in [3.63, 3.8) is 0 Å². The van der Waals surface area contributed by atoms with E-state index in [1.54, 1.807) is 24.3 Å². The number of nitrogens with zero attached hydrogens (tertiary/aromatic N) is 4. The quantitative estimate of drug-likeness (QED) is 0.166. The summed E-state index contributed by atoms with van der Waals surface area (Å²) in [5.41, 5.74) is 2.42. The van der Waals surface area contributed by atoms with Gasteiger partial charge in [0.1, 0.15) is 13.1 Å². The molecule has 1 atom stereocenters. The molecule has 0 bridgehead atoms. The Hall–Kier alpha value is -4.08. The van der Waals surface area contributed by atoms with Gasteiger partial charge in [-0.2, -0.15) is 0 Å². The van der Waals surface area contributed by atoms with E-state index in [0.717, 1.165) is 45.3 Å². The number of carbonyl (C=O) groups is 2. The number of anilines is 2. The summed E-state index contributed by atoms with van der Waals surface area (Å²) in [7, 11) is 0. The summed E-state index contributed by atoms with van der Waals surface area (Å²) in [6.45, 7) is 8.37. The average Bonchev–Trinajstić information content (AvgIpc) is 3.51. The molecule has 0 saturated carbocycles. The Morgan fingerprint density at radius 3 is 1.96 bits per heavy atom. The maximum absolute atomic E-state index is 13.1. The van der Waals surface area contributed by atoms with Gasteiger partial charge in [0.2, 0.25) is 11.8 Å². The Kier molecular flexibility index (Phi) is 13.1. The zero-order valence-electron chi connectivity index (χ0n) is 27.2. The fraction of sp³-hybridized carbons (Fsp3) is 0.543. The Bertz CT molecular complexity index is 1270. The molecule has 1 unspecified atom stereocenters. The highest BCUT2D eigenvalue weighted by Gasteiger charge is 2.35. The van der Waals surface area contributed by atoms with Crippen molar-refractivity contribution in [3.8, 4) is 0 Å². The summed E-state index contributed by atoms with van der Waals surface area (Å²) >= 11 is 0. The zero-order valence-corrected chi connectivity index (χ0v) is 27.2. The number of amides is 2. The Labute approximate surface area is 269 Å². The van der Waals surface area contributed by atoms with Crippen molar-refractivity contribution in [2.45, 2.75) is 77.7 Å². The van der Waals surface area contributed by atoms with Gasteiger partial charge in [-0.15, -0.1) is 0 Å². The predicted molar refractivity (Wildman–Crippen MR) is 183 cm³/mol. The van der Waals surface area contributed by atoms with Crippen LogP contribution in [-0.4, -0.2) is 95.2 Å². The molecule has 2 amide bonds. The summed E-state index contributed by atoms with van der Waals surface area (Å²) in [6.07, 6.45) is 10.0. The van der Waals surface area contributed by atoms with E-state index >= 15 is 0 Å². The summed E-state index contributed by atoms with van der Waals surface area (Å²) in [4.78, 5) is 33.9. The third-order valence-corrected chi connectivity index (χ3v) is 8.63. The fourth-order valence-electron chi connectivity index (χ4n) is 6.17. The molecule has 2 fully saturated rings. The van der Waals surface area contributed by atoms with E-state index in [1.807, 2.05) is 28.0 Å². The normalized spacial score (nSPS) is 16.5. The Balaban J connectivity index is 1.27. The minimum Gasteiger partial charge on any atom is -0.341 e. The van der Waals surface area contributed by atoms with Crippen LogP contribution in [-0.2, 0) is 16.0 Å². The van der Waals surface area contributed by atoms with Gasteiger partial charge in [0.15, 0.2) is 11.9 Å². The summed E-state index contributed by atoms with van der Waals surface area (Å²) in [6, 6.07) is 17.7. The minimum atomic E-state index is -0.195. The molecular weight excluding hydrogens is 564 g/mol. The average molecular weight is 617 g/mol. The topological polar surface area (TPSA) is 119 Å². The number of hydrogen-bond donors (Lipinski definition) is 4. The van der Waals surface area contributed by atoms with Crippen LogP contribution in [0.5, 0.6) is 0 Å². The molecule has 2 aromatic rings. The van der Waals surface area contributed by atoms with Crippen molar-refractivity contribution in [3.05, 3.63) is 60.2 Å². The van der Waals surface area contributed by atoms with Crippen LogP contribution >= 0.6 is 0 Å². The predicted octanol–water partition coefficient (Wildman–Crippen LogP) is 5.44. The van der Waals surface area contributed by atoms with E-state index in [0.29, 0.717) is 36.4 Å². The molecule has 10 nitrogen and oxygen atoms in total. The Morgan fingerprint density at radius 1 is 0.711 bits per heavy atom. The van der Waals surface area contributed by atoms with E-state index < -0.39 is 0 Å². The molecule has 2 saturated heterocycles. The lowest BCUT2D eigenvalue weighted by Gasteiger charge is -2.25. The van der Waals surface area contributed by atoms with Gasteiger partial charge < -0.3 is 30.2 Å². The van der Waals surface area contributed by atoms with Gasteiger partial charge >= 0.3 is 0 Å². The first kappa shape index (κ1) is 33.8. The second kappa shape index (κ2) is 17.4. The van der Waals surface area contributed by atoms with Crippen molar-refractivity contribution >= 4 is 35.1 Å². The molecule has 0 spiro atoms. The zero-order chi connectivity index (χ0) is 32.0. The van der Waals surface area contributed by atoms with Gasteiger partial charge in [-0.25, -0.2) is 0 Å². The highest BCUT2D eigenvalue weighted by Crippen LogP contribution is 2.21. The molecule has 0 aliphatic carbocycles. The van der Waals surface area contributed by atoms with Crippen LogP contribution in [0.4, 0.5) is 11.4 Å². The monoisotopic (exact) mass is 616 g/mol. The number of unbranched alkanes of at least 4 members (excludes halogenated alkanes) is 6. The van der Waals surface area contributed by atoms with Crippen molar-refractivity contribution < 1.29 is 9.59 Å². The summed E-state index contributed by atoms with van der Waals surface area (Å²) in [5, 5.41) is 23.2. The molecule has 2 heterocycles. The van der Waals surface area contributed by atoms with Gasteiger partial charge in [-0.05, 0) is 43.0 Å². The highest BCUT2D eigenvalue weighted by molar-refractivity contribution is 5.97. The van der Waals surface area contributed by atoms with E-state index in [2.05, 4.69) is 46.4 Å². The number of nitrogens with one attached hydrogen (secondary N) is 4. The van der Waals surface area contributed by atoms with Crippen LogP contribution in [0.15, 0.2) is 54.6 Å². The molecule has 4 rings (SSSR count). The van der Waals surface area contributed by atoms with E-state index in [4.69, 9.17) is 10.8 Å². The molecule has 244 valence electrons. The number of benzene rings is 2. The molecule has 4 N–H and O–H groups in total. The van der Waals surface area contributed by atoms with Crippen LogP contribution in [0, 0.1) is 10.8 Å². The number of guanidine groups is 2. The van der Waals surface area contributed by atoms with Crippen LogP contribution in [0.1, 0.15) is 70.8 Å². The molecule has 45 heavy (non-hydrogen) atoms. The standard InChI is InChI=1S/C35H52N8O2/c1-3-5-7-12-19-40-21-22-41(34(40)36)26-32(44)38-29-17-14-18-30(24-29)39-33(45)27-42-25-31(23-28-15-10-9-11-16-28)43(35(42)37)20-13-8-6-4-2/h9-11,14-18,24,31,36-37H,3-8,12-13,19-23,25-27H2,1-2H3,(H,38,44)(H,39,45). The smallest absolute Gasteiger partial charge is 0.244 e. The molecule has 2 aliphatic rings. The van der Waals surface area contributed by atoms with Gasteiger partial charge in [0, 0.05) is 44.1 Å². The van der Waals surface area contributed by atoms with E-state index in [1.165, 1.54) is 37.7 Å². The van der Waals surface area contributed by atoms with Crippen molar-refractivity contribution in [2.75, 3.05) is 56.4 Å². The second-order valence-corrected chi connectivity index (χ2v) is 12.3. The van der Waals surface area contributed by atoms with E-state index in [-0.39, 0.29) is 30.9 Å². The first-order chi connectivity index (χ1) is 21.9. The van der Waals surface area contributed by atoms with Crippen molar-refractivity contribution in [1.29, 1.82) is 10.8 Å². The van der Waals surface area contributed by atoms with Gasteiger partial charge in [0.25, 0.3) is 0 Å². The van der Waals surface area contributed by atoms with Crippen LogP contribution < -0.4 is 10.6 Å². The minimum absolute atomic E-state index is 0.0954. The maximum Gasteiger partial charge on any atom is 0.244 e. The van der Waals surface area contributed by atoms with Crippen molar-refractivity contribution in [2.24, 2.45) is 0 Å². The molecule has 2 aromatic carbocycles. The van der Waals surface area contributed by atoms with Crippen molar-refractivity contribution in [1.82, 2.24) is 19.6 Å². The van der Waals surface area contributed by atoms with Gasteiger partial charge in [-0.1, -0.05) is 88.8 Å². The lowest BCUT2D eigenvalue weighted by Crippen LogP contribution is -2.39. The fourth-order valence-corrected chi connectivity index (χ4v) is 6.17. The molecule has 10 heteroatoms. The maximum atomic E-state index is 13.1.